The fraction of sp³-hybridized carbons (Fsp3) is 0.333. The Kier molecular flexibility index (Phi) is 12.6. The number of aliphatic imine (C=N–C) groups is 1. The van der Waals surface area contributed by atoms with Crippen molar-refractivity contribution in [3.05, 3.63) is 130 Å². The SMILES string of the molecule is O=C1CC2(CCN(C(=O)NCc3ccc(F)cc3)CC2)Nc2ccc(F)cc21.O=C1CC2(CCNCC2)Nc2ccc(F)cc21.O=C=NCc1ccc(F)cc1. The van der Waals surface area contributed by atoms with E-state index < -0.39 is 11.4 Å². The molecule has 4 aromatic rings. The molecule has 2 fully saturated rings. The first-order chi connectivity index (χ1) is 26.9. The van der Waals surface area contributed by atoms with Crippen LogP contribution in [0.1, 0.15) is 70.4 Å². The number of likely N-dealkylation sites (tertiary alicyclic amines) is 1. The highest BCUT2D eigenvalue weighted by atomic mass is 19.1. The molecule has 4 aliphatic heterocycles. The van der Waals surface area contributed by atoms with Gasteiger partial charge < -0.3 is 26.2 Å². The molecule has 2 amide bonds. The maximum atomic E-state index is 13.4. The minimum atomic E-state index is -0.419. The molecule has 292 valence electrons. The van der Waals surface area contributed by atoms with Gasteiger partial charge in [0.25, 0.3) is 0 Å². The highest BCUT2D eigenvalue weighted by Crippen LogP contribution is 2.38. The van der Waals surface area contributed by atoms with E-state index in [4.69, 9.17) is 0 Å². The summed E-state index contributed by atoms with van der Waals surface area (Å²) in [5.74, 6) is -1.38. The molecule has 4 aromatic carbocycles. The first-order valence-corrected chi connectivity index (χ1v) is 18.4. The number of carbonyl (C=O) groups is 3. The van der Waals surface area contributed by atoms with Gasteiger partial charge in [-0.15, -0.1) is 0 Å². The summed E-state index contributed by atoms with van der Waals surface area (Å²) in [6.45, 7) is 3.49. The van der Waals surface area contributed by atoms with Crippen LogP contribution in [0.5, 0.6) is 0 Å². The summed E-state index contributed by atoms with van der Waals surface area (Å²) in [7, 11) is 0. The number of nitrogens with zero attached hydrogens (tertiary/aromatic N) is 2. The number of amides is 2. The summed E-state index contributed by atoms with van der Waals surface area (Å²) in [4.78, 5) is 51.7. The third kappa shape index (κ3) is 10.1. The average molecular weight is 771 g/mol. The van der Waals surface area contributed by atoms with E-state index in [1.807, 2.05) is 0 Å². The van der Waals surface area contributed by atoms with E-state index >= 15 is 0 Å². The number of hydrogen-bond donors (Lipinski definition) is 4. The maximum absolute atomic E-state index is 13.4. The molecule has 4 aliphatic rings. The number of ketones is 2. The lowest BCUT2D eigenvalue weighted by atomic mass is 9.78. The number of isocyanates is 1. The number of rotatable bonds is 4. The zero-order valence-corrected chi connectivity index (χ0v) is 30.6. The molecule has 0 saturated carbocycles. The van der Waals surface area contributed by atoms with E-state index in [9.17, 15) is 36.7 Å². The molecule has 0 aliphatic carbocycles. The zero-order chi connectivity index (χ0) is 39.7. The summed E-state index contributed by atoms with van der Waals surface area (Å²) in [5.41, 5.74) is 3.44. The van der Waals surface area contributed by atoms with E-state index in [2.05, 4.69) is 26.3 Å². The highest BCUT2D eigenvalue weighted by Gasteiger charge is 2.42. The maximum Gasteiger partial charge on any atom is 0.317 e. The molecular weight excluding hydrogens is 728 g/mol. The van der Waals surface area contributed by atoms with Crippen molar-refractivity contribution in [3.63, 3.8) is 0 Å². The molecule has 0 radical (unpaired) electrons. The largest absolute Gasteiger partial charge is 0.378 e. The smallest absolute Gasteiger partial charge is 0.317 e. The third-order valence-electron chi connectivity index (χ3n) is 10.5. The molecule has 4 N–H and O–H groups in total. The molecule has 0 unspecified atom stereocenters. The van der Waals surface area contributed by atoms with E-state index in [0.29, 0.717) is 62.1 Å². The molecule has 0 atom stereocenters. The molecule has 2 spiro atoms. The number of hydrogen-bond acceptors (Lipinski definition) is 8. The van der Waals surface area contributed by atoms with Crippen LogP contribution in [0.2, 0.25) is 0 Å². The second-order valence-corrected chi connectivity index (χ2v) is 14.4. The number of benzene rings is 4. The Morgan fingerprint density at radius 1 is 0.679 bits per heavy atom. The fourth-order valence-electron chi connectivity index (χ4n) is 7.43. The summed E-state index contributed by atoms with van der Waals surface area (Å²) >= 11 is 0. The highest BCUT2D eigenvalue weighted by molar-refractivity contribution is 6.04. The predicted octanol–water partition coefficient (Wildman–Crippen LogP) is 7.32. The lowest BCUT2D eigenvalue weighted by molar-refractivity contribution is 0.0911. The van der Waals surface area contributed by atoms with Gasteiger partial charge in [0.15, 0.2) is 11.6 Å². The lowest BCUT2D eigenvalue weighted by Crippen LogP contribution is -2.55. The first-order valence-electron chi connectivity index (χ1n) is 18.4. The van der Waals surface area contributed by atoms with E-state index in [-0.39, 0.29) is 47.1 Å². The van der Waals surface area contributed by atoms with Gasteiger partial charge in [-0.1, -0.05) is 24.3 Å². The quantitative estimate of drug-likeness (QED) is 0.0973. The Labute approximate surface area is 321 Å². The van der Waals surface area contributed by atoms with Crippen LogP contribution in [-0.2, 0) is 17.9 Å². The summed E-state index contributed by atoms with van der Waals surface area (Å²) in [5, 5.41) is 13.0. The summed E-state index contributed by atoms with van der Waals surface area (Å²) < 4.78 is 51.8. The number of fused-ring (bicyclic) bond motifs is 2. The van der Waals surface area contributed by atoms with Crippen molar-refractivity contribution in [3.8, 4) is 0 Å². The molecule has 14 heteroatoms. The molecule has 10 nitrogen and oxygen atoms in total. The predicted molar refractivity (Wildman–Crippen MR) is 203 cm³/mol. The van der Waals surface area contributed by atoms with Crippen LogP contribution in [0.4, 0.5) is 33.7 Å². The van der Waals surface area contributed by atoms with Crippen LogP contribution in [0, 0.1) is 23.3 Å². The second-order valence-electron chi connectivity index (χ2n) is 14.4. The number of piperidine rings is 2. The van der Waals surface area contributed by atoms with Crippen molar-refractivity contribution in [2.45, 2.75) is 62.7 Å². The van der Waals surface area contributed by atoms with Crippen molar-refractivity contribution in [1.29, 1.82) is 0 Å². The standard InChI is InChI=1S/C21H21F2N3O2.C13H15FN2O.C8H6FNO/c22-15-3-1-14(2-4-15)13-24-20(28)26-9-7-21(8-10-26)12-19(27)17-11-16(23)5-6-18(17)25-21;14-9-1-2-11-10(7-9)12(17)8-13(16-11)3-5-15-6-4-13;9-8-3-1-7(2-4-8)5-10-6-11/h1-6,11,25H,7-10,12-13H2,(H,24,28);1-2,7,15-16H,3-6,8H2;1-4H,5H2. The van der Waals surface area contributed by atoms with Gasteiger partial charge in [-0.3, -0.25) is 9.59 Å². The molecule has 8 rings (SSSR count). The van der Waals surface area contributed by atoms with Gasteiger partial charge in [0, 0.05) is 66.1 Å². The molecule has 0 bridgehead atoms. The number of Topliss-reactive ketones (excluding diaryl/α,β-unsaturated/α-hetero) is 2. The molecule has 0 aromatic heterocycles. The molecular formula is C42H42F4N6O4. The lowest BCUT2D eigenvalue weighted by Gasteiger charge is -2.45. The van der Waals surface area contributed by atoms with Crippen molar-refractivity contribution in [1.82, 2.24) is 15.5 Å². The van der Waals surface area contributed by atoms with Crippen molar-refractivity contribution in [2.24, 2.45) is 4.99 Å². The Morgan fingerprint density at radius 3 is 1.64 bits per heavy atom. The number of anilines is 2. The fourth-order valence-corrected chi connectivity index (χ4v) is 7.43. The Morgan fingerprint density at radius 2 is 1.14 bits per heavy atom. The van der Waals surface area contributed by atoms with Crippen molar-refractivity contribution in [2.75, 3.05) is 36.8 Å². The van der Waals surface area contributed by atoms with Gasteiger partial charge in [-0.25, -0.2) is 32.1 Å². The van der Waals surface area contributed by atoms with Gasteiger partial charge in [0.1, 0.15) is 23.3 Å². The van der Waals surface area contributed by atoms with Crippen LogP contribution in [0.3, 0.4) is 0 Å². The van der Waals surface area contributed by atoms with Crippen LogP contribution in [0.25, 0.3) is 0 Å². The van der Waals surface area contributed by atoms with E-state index in [1.165, 1.54) is 54.6 Å². The van der Waals surface area contributed by atoms with E-state index in [0.717, 1.165) is 42.7 Å². The van der Waals surface area contributed by atoms with Gasteiger partial charge in [0.05, 0.1) is 6.54 Å². The van der Waals surface area contributed by atoms with Crippen molar-refractivity contribution >= 4 is 35.1 Å². The monoisotopic (exact) mass is 770 g/mol. The van der Waals surface area contributed by atoms with Gasteiger partial charge in [-0.2, -0.15) is 0 Å². The van der Waals surface area contributed by atoms with Crippen LogP contribution >= 0.6 is 0 Å². The molecule has 56 heavy (non-hydrogen) atoms. The Balaban J connectivity index is 0.000000160. The molecule has 2 saturated heterocycles. The average Bonchev–Trinajstić information content (AvgIpc) is 3.19. The number of nitrogens with one attached hydrogen (secondary N) is 4. The van der Waals surface area contributed by atoms with Crippen LogP contribution in [-0.4, -0.2) is 65.8 Å². The number of carbonyl (C=O) groups excluding carboxylic acids is 4. The zero-order valence-electron chi connectivity index (χ0n) is 30.6. The van der Waals surface area contributed by atoms with Gasteiger partial charge in [-0.05, 0) is 111 Å². The number of urea groups is 1. The third-order valence-corrected chi connectivity index (χ3v) is 10.5. The molecule has 4 heterocycles. The van der Waals surface area contributed by atoms with Gasteiger partial charge >= 0.3 is 6.03 Å². The summed E-state index contributed by atoms with van der Waals surface area (Å²) in [6.07, 6.45) is 5.35. The Bertz CT molecular complexity index is 2090. The first kappa shape index (κ1) is 39.8. The minimum absolute atomic E-state index is 0.0557. The second kappa shape index (κ2) is 17.7. The normalized spacial score (nSPS) is 17.3. The minimum Gasteiger partial charge on any atom is -0.378 e. The van der Waals surface area contributed by atoms with Crippen molar-refractivity contribution < 1.29 is 36.7 Å². The van der Waals surface area contributed by atoms with Crippen LogP contribution in [0.15, 0.2) is 89.9 Å². The topological polar surface area (TPSA) is 132 Å². The Hall–Kier alpha value is -5.85. The van der Waals surface area contributed by atoms with E-state index in [1.54, 1.807) is 41.3 Å². The van der Waals surface area contributed by atoms with Crippen LogP contribution < -0.4 is 21.3 Å². The summed E-state index contributed by atoms with van der Waals surface area (Å²) in [6, 6.07) is 20.3. The van der Waals surface area contributed by atoms with Gasteiger partial charge in [0.2, 0.25) is 6.08 Å². The number of halogens is 4.